The Hall–Kier alpha value is -3.10. The predicted molar refractivity (Wildman–Crippen MR) is 99.6 cm³/mol. The van der Waals surface area contributed by atoms with Crippen LogP contribution in [0.5, 0.6) is 0 Å². The summed E-state index contributed by atoms with van der Waals surface area (Å²) in [5.74, 6) is -0.712. The van der Waals surface area contributed by atoms with Crippen LogP contribution in [-0.4, -0.2) is 29.5 Å². The standard InChI is InChI=1S/C20H20F3N3O3/c1-12(13-7-8-13)25-17(27)11-29-19(28)16-6-3-9-24-18(16)26-15-5-2-4-14(10-15)20(21,22)23/h2-6,9-10,12-13H,7-8,11H2,1H3,(H,24,26)(H,25,27)/t12-/m1/s1. The number of aromatic nitrogens is 1. The Morgan fingerprint density at radius 1 is 1.24 bits per heavy atom. The molecule has 1 aliphatic carbocycles. The Kier molecular flexibility index (Phi) is 6.05. The number of nitrogens with one attached hydrogen (secondary N) is 2. The third-order valence-electron chi connectivity index (χ3n) is 4.53. The highest BCUT2D eigenvalue weighted by atomic mass is 19.4. The third kappa shape index (κ3) is 5.69. The van der Waals surface area contributed by atoms with Crippen molar-refractivity contribution in [2.75, 3.05) is 11.9 Å². The van der Waals surface area contributed by atoms with Gasteiger partial charge in [0.05, 0.1) is 5.56 Å². The molecule has 2 aromatic rings. The van der Waals surface area contributed by atoms with E-state index in [1.807, 2.05) is 6.92 Å². The van der Waals surface area contributed by atoms with E-state index in [-0.39, 0.29) is 23.1 Å². The number of pyridine rings is 1. The maximum atomic E-state index is 12.9. The van der Waals surface area contributed by atoms with Gasteiger partial charge in [0, 0.05) is 17.9 Å². The molecular formula is C20H20F3N3O3. The highest BCUT2D eigenvalue weighted by Crippen LogP contribution is 2.32. The molecule has 1 atom stereocenters. The Labute approximate surface area is 165 Å². The molecule has 1 aromatic carbocycles. The average Bonchev–Trinajstić information content (AvgIpc) is 3.51. The molecule has 1 fully saturated rings. The van der Waals surface area contributed by atoms with Gasteiger partial charge in [-0.15, -0.1) is 0 Å². The zero-order valence-corrected chi connectivity index (χ0v) is 15.6. The molecule has 1 amide bonds. The van der Waals surface area contributed by atoms with Crippen molar-refractivity contribution in [1.29, 1.82) is 0 Å². The molecule has 3 rings (SSSR count). The molecule has 9 heteroatoms. The summed E-state index contributed by atoms with van der Waals surface area (Å²) in [5, 5.41) is 5.47. The Morgan fingerprint density at radius 2 is 2.00 bits per heavy atom. The van der Waals surface area contributed by atoms with Gasteiger partial charge in [-0.1, -0.05) is 6.07 Å². The maximum absolute atomic E-state index is 12.9. The van der Waals surface area contributed by atoms with E-state index >= 15 is 0 Å². The van der Waals surface area contributed by atoms with E-state index in [1.165, 1.54) is 30.5 Å². The van der Waals surface area contributed by atoms with Gasteiger partial charge in [0.25, 0.3) is 5.91 Å². The number of anilines is 2. The molecule has 1 saturated carbocycles. The zero-order valence-electron chi connectivity index (χ0n) is 15.6. The number of alkyl halides is 3. The number of benzene rings is 1. The van der Waals surface area contributed by atoms with Crippen LogP contribution in [0, 0.1) is 5.92 Å². The molecule has 6 nitrogen and oxygen atoms in total. The summed E-state index contributed by atoms with van der Waals surface area (Å²) >= 11 is 0. The third-order valence-corrected chi connectivity index (χ3v) is 4.53. The lowest BCUT2D eigenvalue weighted by atomic mass is 10.2. The van der Waals surface area contributed by atoms with Crippen LogP contribution >= 0.6 is 0 Å². The lowest BCUT2D eigenvalue weighted by molar-refractivity contribution is -0.137. The number of esters is 1. The first-order valence-electron chi connectivity index (χ1n) is 9.10. The van der Waals surface area contributed by atoms with Gasteiger partial charge in [-0.3, -0.25) is 4.79 Å². The van der Waals surface area contributed by atoms with E-state index < -0.39 is 30.2 Å². The van der Waals surface area contributed by atoms with Gasteiger partial charge in [0.1, 0.15) is 11.4 Å². The number of nitrogens with zero attached hydrogens (tertiary/aromatic N) is 1. The van der Waals surface area contributed by atoms with Crippen LogP contribution in [0.15, 0.2) is 42.6 Å². The quantitative estimate of drug-likeness (QED) is 0.680. The molecule has 154 valence electrons. The number of rotatable bonds is 7. The summed E-state index contributed by atoms with van der Waals surface area (Å²) in [6.07, 6.45) is -0.964. The van der Waals surface area contributed by atoms with Crippen LogP contribution in [0.1, 0.15) is 35.7 Å². The van der Waals surface area contributed by atoms with E-state index in [9.17, 15) is 22.8 Å². The molecule has 0 bridgehead atoms. The Balaban J connectivity index is 1.65. The van der Waals surface area contributed by atoms with Crippen molar-refractivity contribution in [2.45, 2.75) is 32.0 Å². The van der Waals surface area contributed by atoms with E-state index in [1.54, 1.807) is 0 Å². The van der Waals surface area contributed by atoms with Crippen LogP contribution in [-0.2, 0) is 15.7 Å². The fraction of sp³-hybridized carbons (Fsp3) is 0.350. The molecule has 2 N–H and O–H groups in total. The second-order valence-electron chi connectivity index (χ2n) is 6.87. The van der Waals surface area contributed by atoms with Crippen LogP contribution in [0.3, 0.4) is 0 Å². The molecule has 1 heterocycles. The number of halogens is 3. The average molecular weight is 407 g/mol. The Bertz CT molecular complexity index is 898. The minimum absolute atomic E-state index is 0.00736. The molecule has 0 aliphatic heterocycles. The van der Waals surface area contributed by atoms with Gasteiger partial charge < -0.3 is 15.4 Å². The van der Waals surface area contributed by atoms with Crippen LogP contribution in [0.2, 0.25) is 0 Å². The van der Waals surface area contributed by atoms with Gasteiger partial charge in [0.15, 0.2) is 6.61 Å². The fourth-order valence-corrected chi connectivity index (χ4v) is 2.80. The first-order valence-corrected chi connectivity index (χ1v) is 9.10. The van der Waals surface area contributed by atoms with Gasteiger partial charge in [-0.2, -0.15) is 13.2 Å². The molecule has 1 aliphatic rings. The maximum Gasteiger partial charge on any atom is 0.416 e. The lowest BCUT2D eigenvalue weighted by Crippen LogP contribution is -2.37. The van der Waals surface area contributed by atoms with E-state index in [0.717, 1.165) is 25.0 Å². The smallest absolute Gasteiger partial charge is 0.416 e. The van der Waals surface area contributed by atoms with Gasteiger partial charge in [0.2, 0.25) is 0 Å². The van der Waals surface area contributed by atoms with E-state index in [4.69, 9.17) is 4.74 Å². The number of hydrogen-bond acceptors (Lipinski definition) is 5. The van der Waals surface area contributed by atoms with Crippen molar-refractivity contribution < 1.29 is 27.5 Å². The fourth-order valence-electron chi connectivity index (χ4n) is 2.80. The number of carbonyl (C=O) groups excluding carboxylic acids is 2. The predicted octanol–water partition coefficient (Wildman–Crippen LogP) is 3.92. The summed E-state index contributed by atoms with van der Waals surface area (Å²) < 4.78 is 43.7. The van der Waals surface area contributed by atoms with Crippen LogP contribution in [0.25, 0.3) is 0 Å². The SMILES string of the molecule is C[C@@H](NC(=O)COC(=O)c1cccnc1Nc1cccc(C(F)(F)F)c1)C1CC1. The molecule has 1 aromatic heterocycles. The van der Waals surface area contributed by atoms with Crippen molar-refractivity contribution in [1.82, 2.24) is 10.3 Å². The van der Waals surface area contributed by atoms with Gasteiger partial charge >= 0.3 is 12.1 Å². The largest absolute Gasteiger partial charge is 0.452 e. The van der Waals surface area contributed by atoms with Crippen molar-refractivity contribution >= 4 is 23.4 Å². The monoisotopic (exact) mass is 407 g/mol. The van der Waals surface area contributed by atoms with Crippen LogP contribution in [0.4, 0.5) is 24.7 Å². The normalized spacial score (nSPS) is 14.8. The van der Waals surface area contributed by atoms with Crippen molar-refractivity contribution in [2.24, 2.45) is 5.92 Å². The number of ether oxygens (including phenoxy) is 1. The molecule has 0 radical (unpaired) electrons. The molecule has 0 saturated heterocycles. The Morgan fingerprint density at radius 3 is 2.69 bits per heavy atom. The lowest BCUT2D eigenvalue weighted by Gasteiger charge is -2.14. The van der Waals surface area contributed by atoms with E-state index in [2.05, 4.69) is 15.6 Å². The summed E-state index contributed by atoms with van der Waals surface area (Å²) in [5.41, 5.74) is -0.708. The van der Waals surface area contributed by atoms with Gasteiger partial charge in [-0.05, 0) is 56.0 Å². The minimum Gasteiger partial charge on any atom is -0.452 e. The van der Waals surface area contributed by atoms with Crippen LogP contribution < -0.4 is 10.6 Å². The first-order chi connectivity index (χ1) is 13.7. The summed E-state index contributed by atoms with van der Waals surface area (Å²) in [7, 11) is 0. The first kappa shape index (κ1) is 20.6. The highest BCUT2D eigenvalue weighted by Gasteiger charge is 2.31. The molecule has 29 heavy (non-hydrogen) atoms. The van der Waals surface area contributed by atoms with Crippen molar-refractivity contribution in [3.8, 4) is 0 Å². The molecule has 0 spiro atoms. The number of hydrogen-bond donors (Lipinski definition) is 2. The number of carbonyl (C=O) groups is 2. The summed E-state index contributed by atoms with van der Waals surface area (Å²) in [6.45, 7) is 1.45. The van der Waals surface area contributed by atoms with Crippen molar-refractivity contribution in [3.63, 3.8) is 0 Å². The van der Waals surface area contributed by atoms with Crippen molar-refractivity contribution in [3.05, 3.63) is 53.7 Å². The zero-order chi connectivity index (χ0) is 21.0. The number of amides is 1. The molecule has 0 unspecified atom stereocenters. The molecular weight excluding hydrogens is 387 g/mol. The second-order valence-corrected chi connectivity index (χ2v) is 6.87. The summed E-state index contributed by atoms with van der Waals surface area (Å²) in [4.78, 5) is 28.3. The highest BCUT2D eigenvalue weighted by molar-refractivity contribution is 5.96. The minimum atomic E-state index is -4.49. The topological polar surface area (TPSA) is 80.3 Å². The second kappa shape index (κ2) is 8.50. The van der Waals surface area contributed by atoms with Gasteiger partial charge in [-0.25, -0.2) is 9.78 Å². The summed E-state index contributed by atoms with van der Waals surface area (Å²) in [6, 6.07) is 7.46. The van der Waals surface area contributed by atoms with E-state index in [0.29, 0.717) is 5.92 Å².